The van der Waals surface area contributed by atoms with Crippen molar-refractivity contribution in [3.05, 3.63) is 5.69 Å². The number of aromatic nitrogens is 2. The summed E-state index contributed by atoms with van der Waals surface area (Å²) in [5, 5.41) is 4.53. The Morgan fingerprint density at radius 2 is 1.90 bits per heavy atom. The molecule has 1 aliphatic carbocycles. The smallest absolute Gasteiger partial charge is 0.236 e. The maximum atomic E-state index is 6.42. The van der Waals surface area contributed by atoms with Crippen LogP contribution in [0.3, 0.4) is 0 Å². The molecule has 0 saturated heterocycles. The zero-order valence-electron chi connectivity index (χ0n) is 14.4. The molecule has 0 radical (unpaired) electrons. The Morgan fingerprint density at radius 3 is 2.48 bits per heavy atom. The van der Waals surface area contributed by atoms with Gasteiger partial charge in [-0.25, -0.2) is 4.68 Å². The highest BCUT2D eigenvalue weighted by atomic mass is 16.5. The Morgan fingerprint density at radius 1 is 1.24 bits per heavy atom. The number of aryl methyl sites for hydroxylation is 1. The monoisotopic (exact) mass is 293 g/mol. The molecule has 0 bridgehead atoms. The van der Waals surface area contributed by atoms with E-state index in [1.807, 2.05) is 11.6 Å². The molecule has 0 amide bonds. The molecule has 0 aliphatic heterocycles. The van der Waals surface area contributed by atoms with Crippen LogP contribution in [0, 0.1) is 24.7 Å². The minimum absolute atomic E-state index is 0.254. The number of hydrogen-bond donors (Lipinski definition) is 1. The van der Waals surface area contributed by atoms with Crippen molar-refractivity contribution < 1.29 is 4.74 Å². The summed E-state index contributed by atoms with van der Waals surface area (Å²) < 4.78 is 8.35. The fourth-order valence-electron chi connectivity index (χ4n) is 3.40. The second-order valence-corrected chi connectivity index (χ2v) is 7.32. The van der Waals surface area contributed by atoms with E-state index < -0.39 is 0 Å². The van der Waals surface area contributed by atoms with Crippen molar-refractivity contribution in [1.82, 2.24) is 9.78 Å². The van der Waals surface area contributed by atoms with Gasteiger partial charge in [-0.05, 0) is 51.4 Å². The van der Waals surface area contributed by atoms with E-state index in [1.54, 1.807) is 0 Å². The summed E-state index contributed by atoms with van der Waals surface area (Å²) in [7, 11) is 0. The van der Waals surface area contributed by atoms with Crippen molar-refractivity contribution in [3.63, 3.8) is 0 Å². The van der Waals surface area contributed by atoms with E-state index in [2.05, 4.69) is 39.7 Å². The van der Waals surface area contributed by atoms with E-state index in [9.17, 15) is 0 Å². The van der Waals surface area contributed by atoms with E-state index in [1.165, 1.54) is 12.8 Å². The van der Waals surface area contributed by atoms with Gasteiger partial charge in [-0.2, -0.15) is 5.10 Å². The van der Waals surface area contributed by atoms with Crippen LogP contribution in [0.1, 0.15) is 65.6 Å². The van der Waals surface area contributed by atoms with Crippen LogP contribution in [0.15, 0.2) is 0 Å². The minimum Gasteiger partial charge on any atom is -0.473 e. The number of nitrogens with two attached hydrogens (primary N) is 1. The lowest BCUT2D eigenvalue weighted by Gasteiger charge is -2.37. The van der Waals surface area contributed by atoms with Crippen LogP contribution >= 0.6 is 0 Å². The first-order valence-electron chi connectivity index (χ1n) is 8.32. The van der Waals surface area contributed by atoms with E-state index >= 15 is 0 Å². The first-order valence-corrected chi connectivity index (χ1v) is 8.32. The lowest BCUT2D eigenvalue weighted by molar-refractivity contribution is 0.0385. The van der Waals surface area contributed by atoms with Gasteiger partial charge in [-0.1, -0.05) is 27.2 Å². The molecule has 0 aromatic carbocycles. The molecule has 1 aliphatic rings. The van der Waals surface area contributed by atoms with E-state index in [4.69, 9.17) is 10.5 Å². The highest BCUT2D eigenvalue weighted by molar-refractivity contribution is 5.52. The molecular weight excluding hydrogens is 262 g/mol. The normalized spacial score (nSPS) is 26.6. The second kappa shape index (κ2) is 6.29. The van der Waals surface area contributed by atoms with Crippen molar-refractivity contribution in [2.45, 2.75) is 73.0 Å². The zero-order chi connectivity index (χ0) is 15.7. The number of nitrogen functional groups attached to an aromatic ring is 1. The minimum atomic E-state index is 0.254. The average Bonchev–Trinajstić information content (AvgIpc) is 2.67. The summed E-state index contributed by atoms with van der Waals surface area (Å²) in [5.74, 6) is 2.74. The van der Waals surface area contributed by atoms with Gasteiger partial charge in [0, 0.05) is 0 Å². The van der Waals surface area contributed by atoms with Crippen LogP contribution in [0.5, 0.6) is 5.88 Å². The molecule has 1 saturated carbocycles. The van der Waals surface area contributed by atoms with Gasteiger partial charge in [0.1, 0.15) is 11.8 Å². The summed E-state index contributed by atoms with van der Waals surface area (Å²) in [4.78, 5) is 0. The Kier molecular flexibility index (Phi) is 4.84. The summed E-state index contributed by atoms with van der Waals surface area (Å²) >= 11 is 0. The quantitative estimate of drug-likeness (QED) is 0.905. The third-order valence-corrected chi connectivity index (χ3v) is 4.80. The van der Waals surface area contributed by atoms with Crippen LogP contribution in [0.4, 0.5) is 5.69 Å². The third-order valence-electron chi connectivity index (χ3n) is 4.80. The van der Waals surface area contributed by atoms with Gasteiger partial charge in [0.25, 0.3) is 0 Å². The zero-order valence-corrected chi connectivity index (χ0v) is 14.4. The standard InChI is InChI=1S/C17H31N3O/c1-10(2)14-8-7-12(5)9-15(14)21-17-16(18)13(6)19-20(17)11(3)4/h10-12,14-15H,7-9,18H2,1-6H3. The number of rotatable bonds is 4. The fourth-order valence-corrected chi connectivity index (χ4v) is 3.40. The molecule has 1 aromatic rings. The molecule has 1 aromatic heterocycles. The van der Waals surface area contributed by atoms with Gasteiger partial charge in [-0.15, -0.1) is 0 Å². The van der Waals surface area contributed by atoms with Gasteiger partial charge in [0.05, 0.1) is 11.7 Å². The molecule has 3 unspecified atom stereocenters. The van der Waals surface area contributed by atoms with Gasteiger partial charge < -0.3 is 10.5 Å². The molecule has 21 heavy (non-hydrogen) atoms. The van der Waals surface area contributed by atoms with Crippen LogP contribution in [0.25, 0.3) is 0 Å². The molecule has 120 valence electrons. The van der Waals surface area contributed by atoms with Crippen LogP contribution in [0.2, 0.25) is 0 Å². The Hall–Kier alpha value is -1.19. The molecule has 2 N–H and O–H groups in total. The molecule has 4 heteroatoms. The Labute approximate surface area is 129 Å². The molecule has 1 heterocycles. The number of ether oxygens (including phenoxy) is 1. The van der Waals surface area contributed by atoms with Gasteiger partial charge >= 0.3 is 0 Å². The van der Waals surface area contributed by atoms with Gasteiger partial charge in [-0.3, -0.25) is 0 Å². The van der Waals surface area contributed by atoms with E-state index in [0.717, 1.165) is 23.9 Å². The van der Waals surface area contributed by atoms with Crippen LogP contribution in [-0.2, 0) is 0 Å². The van der Waals surface area contributed by atoms with Crippen LogP contribution < -0.4 is 10.5 Å². The lowest BCUT2D eigenvalue weighted by atomic mass is 9.75. The average molecular weight is 293 g/mol. The molecule has 4 nitrogen and oxygen atoms in total. The summed E-state index contributed by atoms with van der Waals surface area (Å²) in [5.41, 5.74) is 7.77. The second-order valence-electron chi connectivity index (χ2n) is 7.32. The first kappa shape index (κ1) is 16.2. The van der Waals surface area contributed by atoms with Gasteiger partial charge in [0.15, 0.2) is 0 Å². The van der Waals surface area contributed by atoms with Crippen molar-refractivity contribution in [2.24, 2.45) is 17.8 Å². The lowest BCUT2D eigenvalue weighted by Crippen LogP contribution is -2.37. The van der Waals surface area contributed by atoms with Gasteiger partial charge in [0.2, 0.25) is 5.88 Å². The maximum absolute atomic E-state index is 6.42. The van der Waals surface area contributed by atoms with Crippen LogP contribution in [-0.4, -0.2) is 15.9 Å². The van der Waals surface area contributed by atoms with Crippen molar-refractivity contribution in [1.29, 1.82) is 0 Å². The highest BCUT2D eigenvalue weighted by Gasteiger charge is 2.33. The molecule has 1 fully saturated rings. The van der Waals surface area contributed by atoms with Crippen molar-refractivity contribution in [3.8, 4) is 5.88 Å². The number of nitrogens with zero attached hydrogens (tertiary/aromatic N) is 2. The van der Waals surface area contributed by atoms with E-state index in [0.29, 0.717) is 17.5 Å². The SMILES string of the molecule is Cc1nn(C(C)C)c(OC2CC(C)CCC2C(C)C)c1N. The Balaban J connectivity index is 2.26. The number of hydrogen-bond acceptors (Lipinski definition) is 3. The van der Waals surface area contributed by atoms with Crippen molar-refractivity contribution in [2.75, 3.05) is 5.73 Å². The predicted molar refractivity (Wildman–Crippen MR) is 87.5 cm³/mol. The molecule has 0 spiro atoms. The predicted octanol–water partition coefficient (Wildman–Crippen LogP) is 4.19. The third kappa shape index (κ3) is 3.35. The summed E-state index contributed by atoms with van der Waals surface area (Å²) in [6.07, 6.45) is 3.92. The largest absolute Gasteiger partial charge is 0.473 e. The maximum Gasteiger partial charge on any atom is 0.236 e. The topological polar surface area (TPSA) is 53.1 Å². The molecular formula is C17H31N3O. The number of anilines is 1. The van der Waals surface area contributed by atoms with Crippen molar-refractivity contribution >= 4 is 5.69 Å². The Bertz CT molecular complexity index is 479. The first-order chi connectivity index (χ1) is 9.81. The fraction of sp³-hybridized carbons (Fsp3) is 0.824. The summed E-state index contributed by atoms with van der Waals surface area (Å²) in [6, 6.07) is 0.259. The highest BCUT2D eigenvalue weighted by Crippen LogP contribution is 2.38. The molecule has 2 rings (SSSR count). The summed E-state index contributed by atoms with van der Waals surface area (Å²) in [6.45, 7) is 13.1. The van der Waals surface area contributed by atoms with E-state index in [-0.39, 0.29) is 12.1 Å². The molecule has 3 atom stereocenters.